The van der Waals surface area contributed by atoms with E-state index in [0.717, 1.165) is 44.5 Å². The van der Waals surface area contributed by atoms with Crippen LogP contribution in [-0.2, 0) is 15.6 Å². The number of carbonyl (C=O) groups is 1. The van der Waals surface area contributed by atoms with Crippen LogP contribution in [0.4, 0.5) is 0 Å². The van der Waals surface area contributed by atoms with Gasteiger partial charge in [0.05, 0.1) is 5.69 Å². The first-order chi connectivity index (χ1) is 13.3. The van der Waals surface area contributed by atoms with Gasteiger partial charge in [-0.15, -0.1) is 0 Å². The summed E-state index contributed by atoms with van der Waals surface area (Å²) in [5, 5.41) is 7.77. The van der Waals surface area contributed by atoms with Crippen LogP contribution in [0.5, 0.6) is 0 Å². The highest BCUT2D eigenvalue weighted by Crippen LogP contribution is 2.42. The van der Waals surface area contributed by atoms with Crippen molar-refractivity contribution in [3.8, 4) is 0 Å². The topological polar surface area (TPSA) is 49.0 Å². The zero-order valence-corrected chi connectivity index (χ0v) is 20.5. The van der Waals surface area contributed by atoms with E-state index >= 15 is 0 Å². The van der Waals surface area contributed by atoms with Crippen molar-refractivity contribution >= 4 is 5.91 Å². The average molecular weight is 404 g/mol. The van der Waals surface area contributed by atoms with Crippen molar-refractivity contribution in [1.82, 2.24) is 15.1 Å². The lowest BCUT2D eigenvalue weighted by molar-refractivity contribution is -0.138. The molecule has 2 rings (SSSR count). The number of piperidine rings is 1. The molecule has 1 amide bonds. The predicted octanol–water partition coefficient (Wildman–Crippen LogP) is 6.08. The molecule has 0 bridgehead atoms. The van der Waals surface area contributed by atoms with Crippen molar-refractivity contribution in [3.05, 3.63) is 17.5 Å². The van der Waals surface area contributed by atoms with E-state index in [2.05, 4.69) is 83.5 Å². The number of H-pyrrole nitrogens is 1. The summed E-state index contributed by atoms with van der Waals surface area (Å²) >= 11 is 0. The Morgan fingerprint density at radius 3 is 2.21 bits per heavy atom. The molecule has 4 nitrogen and oxygen atoms in total. The summed E-state index contributed by atoms with van der Waals surface area (Å²) in [4.78, 5) is 15.2. The molecule has 166 valence electrons. The van der Waals surface area contributed by atoms with Gasteiger partial charge < -0.3 is 4.90 Å². The van der Waals surface area contributed by atoms with Crippen LogP contribution in [0.1, 0.15) is 106 Å². The first-order valence-corrected chi connectivity index (χ1v) is 11.7. The zero-order valence-electron chi connectivity index (χ0n) is 20.5. The van der Waals surface area contributed by atoms with E-state index in [4.69, 9.17) is 0 Å². The van der Waals surface area contributed by atoms with E-state index in [1.165, 1.54) is 12.1 Å². The van der Waals surface area contributed by atoms with Crippen LogP contribution < -0.4 is 0 Å². The van der Waals surface area contributed by atoms with E-state index in [1.807, 2.05) is 0 Å². The third kappa shape index (κ3) is 5.44. The third-order valence-corrected chi connectivity index (χ3v) is 7.70. The summed E-state index contributed by atoms with van der Waals surface area (Å²) in [6.45, 7) is 22.0. The van der Waals surface area contributed by atoms with Gasteiger partial charge in [-0.1, -0.05) is 68.7 Å². The minimum atomic E-state index is -0.0120. The number of aromatic amines is 1. The second-order valence-corrected chi connectivity index (χ2v) is 11.4. The molecule has 1 aromatic heterocycles. The minimum Gasteiger partial charge on any atom is -0.342 e. The smallest absolute Gasteiger partial charge is 0.225 e. The minimum absolute atomic E-state index is 0.0120. The van der Waals surface area contributed by atoms with Crippen molar-refractivity contribution < 1.29 is 4.79 Å². The molecule has 1 aliphatic heterocycles. The molecular formula is C25H45N3O. The molecule has 0 saturated carbocycles. The van der Waals surface area contributed by atoms with E-state index in [-0.39, 0.29) is 16.7 Å². The summed E-state index contributed by atoms with van der Waals surface area (Å²) < 4.78 is 0. The van der Waals surface area contributed by atoms with Crippen LogP contribution in [0.3, 0.4) is 0 Å². The monoisotopic (exact) mass is 403 g/mol. The van der Waals surface area contributed by atoms with Crippen LogP contribution in [-0.4, -0.2) is 34.1 Å². The number of amides is 1. The van der Waals surface area contributed by atoms with Gasteiger partial charge in [0.15, 0.2) is 0 Å². The van der Waals surface area contributed by atoms with Gasteiger partial charge >= 0.3 is 0 Å². The number of hydrogen-bond acceptors (Lipinski definition) is 2. The molecule has 1 aromatic rings. The van der Waals surface area contributed by atoms with Crippen LogP contribution in [0.25, 0.3) is 0 Å². The third-order valence-electron chi connectivity index (χ3n) is 7.70. The van der Waals surface area contributed by atoms with Crippen molar-refractivity contribution in [1.29, 1.82) is 0 Å². The molecular weight excluding hydrogens is 358 g/mol. The maximum atomic E-state index is 13.1. The van der Waals surface area contributed by atoms with Crippen LogP contribution in [0.15, 0.2) is 6.07 Å². The quantitative estimate of drug-likeness (QED) is 0.600. The maximum Gasteiger partial charge on any atom is 0.225 e. The molecule has 0 aliphatic carbocycles. The standard InChI is InChI=1S/C25H45N3O/c1-10-25(18(2)3)13-15-28(16-14-25)22(29)19(4)11-12-24(8,9)21-17-20(26-27-21)23(5,6)7/h17-19H,10-16H2,1-9H3,(H,26,27). The normalized spacial score (nSPS) is 18.9. The molecule has 4 heteroatoms. The second-order valence-electron chi connectivity index (χ2n) is 11.4. The number of rotatable bonds is 7. The maximum absolute atomic E-state index is 13.1. The molecule has 1 saturated heterocycles. The fraction of sp³-hybridized carbons (Fsp3) is 0.840. The van der Waals surface area contributed by atoms with Crippen LogP contribution in [0.2, 0.25) is 0 Å². The Morgan fingerprint density at radius 2 is 1.76 bits per heavy atom. The highest BCUT2D eigenvalue weighted by molar-refractivity contribution is 5.78. The van der Waals surface area contributed by atoms with Crippen LogP contribution in [0, 0.1) is 17.3 Å². The highest BCUT2D eigenvalue weighted by atomic mass is 16.2. The lowest BCUT2D eigenvalue weighted by Gasteiger charge is -2.45. The Kier molecular flexibility index (Phi) is 7.28. The Balaban J connectivity index is 1.92. The van der Waals surface area contributed by atoms with Crippen LogP contribution >= 0.6 is 0 Å². The summed E-state index contributed by atoms with van der Waals surface area (Å²) in [7, 11) is 0. The molecule has 1 unspecified atom stereocenters. The fourth-order valence-corrected chi connectivity index (χ4v) is 4.71. The Bertz CT molecular complexity index is 672. The van der Waals surface area contributed by atoms with Gasteiger partial charge in [0, 0.05) is 35.5 Å². The SMILES string of the molecule is CCC1(C(C)C)CCN(C(=O)C(C)CCC(C)(C)c2cc(C(C)(C)C)n[nH]2)CC1. The van der Waals surface area contributed by atoms with Crippen molar-refractivity contribution in [2.75, 3.05) is 13.1 Å². The number of nitrogens with one attached hydrogen (secondary N) is 1. The van der Waals surface area contributed by atoms with Gasteiger partial charge in [-0.05, 0) is 43.1 Å². The first kappa shape index (κ1) is 24.0. The van der Waals surface area contributed by atoms with E-state index in [1.54, 1.807) is 0 Å². The molecule has 1 fully saturated rings. The Morgan fingerprint density at radius 1 is 1.17 bits per heavy atom. The highest BCUT2D eigenvalue weighted by Gasteiger charge is 2.37. The van der Waals surface area contributed by atoms with E-state index in [9.17, 15) is 4.79 Å². The fourth-order valence-electron chi connectivity index (χ4n) is 4.71. The molecule has 29 heavy (non-hydrogen) atoms. The molecule has 2 heterocycles. The number of hydrogen-bond donors (Lipinski definition) is 1. The molecule has 0 radical (unpaired) electrons. The predicted molar refractivity (Wildman–Crippen MR) is 122 cm³/mol. The summed E-state index contributed by atoms with van der Waals surface area (Å²) in [5.41, 5.74) is 2.73. The van der Waals surface area contributed by atoms with Gasteiger partial charge in [0.1, 0.15) is 0 Å². The summed E-state index contributed by atoms with van der Waals surface area (Å²) in [6, 6.07) is 2.20. The van der Waals surface area contributed by atoms with Gasteiger partial charge in [-0.3, -0.25) is 9.89 Å². The number of carbonyl (C=O) groups excluding carboxylic acids is 1. The Hall–Kier alpha value is -1.32. The number of likely N-dealkylation sites (tertiary alicyclic amines) is 1. The number of aromatic nitrogens is 2. The summed E-state index contributed by atoms with van der Waals surface area (Å²) in [6.07, 6.45) is 5.40. The Labute approximate surface area is 179 Å². The van der Waals surface area contributed by atoms with Gasteiger partial charge in [-0.2, -0.15) is 5.10 Å². The number of nitrogens with zero attached hydrogens (tertiary/aromatic N) is 2. The molecule has 1 aliphatic rings. The van der Waals surface area contributed by atoms with Crippen molar-refractivity contribution in [2.24, 2.45) is 17.3 Å². The van der Waals surface area contributed by atoms with Crippen molar-refractivity contribution in [3.63, 3.8) is 0 Å². The zero-order chi connectivity index (χ0) is 22.0. The molecule has 1 N–H and O–H groups in total. The van der Waals surface area contributed by atoms with Crippen molar-refractivity contribution in [2.45, 2.75) is 105 Å². The first-order valence-electron chi connectivity index (χ1n) is 11.7. The lowest BCUT2D eigenvalue weighted by atomic mass is 9.68. The lowest BCUT2D eigenvalue weighted by Crippen LogP contribution is -2.46. The molecule has 0 aromatic carbocycles. The van der Waals surface area contributed by atoms with Gasteiger partial charge in [0.25, 0.3) is 0 Å². The largest absolute Gasteiger partial charge is 0.342 e. The van der Waals surface area contributed by atoms with E-state index < -0.39 is 0 Å². The van der Waals surface area contributed by atoms with Gasteiger partial charge in [-0.25, -0.2) is 0 Å². The average Bonchev–Trinajstić information content (AvgIpc) is 3.17. The van der Waals surface area contributed by atoms with E-state index in [0.29, 0.717) is 17.2 Å². The second kappa shape index (κ2) is 8.81. The molecule has 0 spiro atoms. The van der Waals surface area contributed by atoms with Gasteiger partial charge in [0.2, 0.25) is 5.91 Å². The summed E-state index contributed by atoms with van der Waals surface area (Å²) in [5.74, 6) is 1.11. The molecule has 1 atom stereocenters.